The molecule has 0 spiro atoms. The Morgan fingerprint density at radius 2 is 1.67 bits per heavy atom. The third kappa shape index (κ3) is 5.81. The first-order valence-corrected chi connectivity index (χ1v) is 11.5. The molecule has 0 N–H and O–H groups in total. The second-order valence-corrected chi connectivity index (χ2v) is 8.07. The summed E-state index contributed by atoms with van der Waals surface area (Å²) in [6.45, 7) is 3.00. The highest BCUT2D eigenvalue weighted by atomic mass is 32.2. The van der Waals surface area contributed by atoms with E-state index in [0.29, 0.717) is 41.8 Å². The summed E-state index contributed by atoms with van der Waals surface area (Å²) in [6.07, 6.45) is 1.45. The van der Waals surface area contributed by atoms with Crippen molar-refractivity contribution in [1.29, 1.82) is 0 Å². The Hall–Kier alpha value is -3.59. The highest BCUT2D eigenvalue weighted by Gasteiger charge is 2.17. The van der Waals surface area contributed by atoms with Crippen LogP contribution in [-0.4, -0.2) is 38.1 Å². The molecule has 8 nitrogen and oxygen atoms in total. The Labute approximate surface area is 195 Å². The fourth-order valence-electron chi connectivity index (χ4n) is 3.13. The van der Waals surface area contributed by atoms with Crippen LogP contribution < -0.4 is 9.47 Å². The Bertz CT molecular complexity index is 1210. The molecule has 0 fully saturated rings. The number of hydrogen-bond donors (Lipinski definition) is 0. The normalized spacial score (nSPS) is 10.8. The number of aryl methyl sites for hydroxylation is 1. The van der Waals surface area contributed by atoms with Crippen LogP contribution in [0.25, 0.3) is 11.0 Å². The third-order valence-electron chi connectivity index (χ3n) is 4.71. The number of benzene rings is 2. The van der Waals surface area contributed by atoms with E-state index < -0.39 is 0 Å². The van der Waals surface area contributed by atoms with Crippen LogP contribution in [0.15, 0.2) is 66.0 Å². The average molecular weight is 465 g/mol. The molecule has 33 heavy (non-hydrogen) atoms. The highest BCUT2D eigenvalue weighted by molar-refractivity contribution is 8.00. The molecule has 2 aromatic heterocycles. The van der Waals surface area contributed by atoms with Gasteiger partial charge in [-0.05, 0) is 30.2 Å². The van der Waals surface area contributed by atoms with Gasteiger partial charge in [-0.2, -0.15) is 5.10 Å². The summed E-state index contributed by atoms with van der Waals surface area (Å²) in [4.78, 5) is 20.3. The number of carbonyl (C=O) groups is 1. The van der Waals surface area contributed by atoms with Gasteiger partial charge in [0, 0.05) is 7.05 Å². The van der Waals surface area contributed by atoms with Gasteiger partial charge in [-0.3, -0.25) is 4.79 Å². The number of carbonyl (C=O) groups excluding carboxylic acids is 1. The lowest BCUT2D eigenvalue weighted by molar-refractivity contribution is -0.139. The summed E-state index contributed by atoms with van der Waals surface area (Å²) in [5.74, 6) is 1.20. The van der Waals surface area contributed by atoms with Gasteiger partial charge in [0.15, 0.2) is 5.52 Å². The molecule has 0 aliphatic carbocycles. The number of ether oxygens (including phenoxy) is 3. The number of hydrogen-bond acceptors (Lipinski definition) is 8. The van der Waals surface area contributed by atoms with E-state index in [4.69, 9.17) is 14.2 Å². The molecular formula is C24H24N4O4S. The Kier molecular flexibility index (Phi) is 7.41. The van der Waals surface area contributed by atoms with Crippen molar-refractivity contribution in [1.82, 2.24) is 19.7 Å². The lowest BCUT2D eigenvalue weighted by atomic mass is 10.2. The molecule has 0 aliphatic heterocycles. The van der Waals surface area contributed by atoms with Crippen molar-refractivity contribution >= 4 is 28.8 Å². The summed E-state index contributed by atoms with van der Waals surface area (Å²) >= 11 is 1.27. The van der Waals surface area contributed by atoms with Gasteiger partial charge in [-0.1, -0.05) is 54.2 Å². The van der Waals surface area contributed by atoms with E-state index >= 15 is 0 Å². The predicted molar refractivity (Wildman–Crippen MR) is 125 cm³/mol. The van der Waals surface area contributed by atoms with E-state index in [9.17, 15) is 4.79 Å². The SMILES string of the molecule is CCOC(=O)CSc1ncnc2c(OCc3ccc(OCc4ccccc4)cc3)n(C)nc12. The molecule has 170 valence electrons. The van der Waals surface area contributed by atoms with Gasteiger partial charge in [-0.15, -0.1) is 0 Å². The monoisotopic (exact) mass is 464 g/mol. The van der Waals surface area contributed by atoms with Crippen molar-refractivity contribution in [3.63, 3.8) is 0 Å². The lowest BCUT2D eigenvalue weighted by Gasteiger charge is -2.09. The van der Waals surface area contributed by atoms with E-state index in [1.54, 1.807) is 18.7 Å². The molecule has 2 aromatic carbocycles. The number of thioether (sulfide) groups is 1. The zero-order chi connectivity index (χ0) is 23.0. The van der Waals surface area contributed by atoms with E-state index in [1.165, 1.54) is 18.1 Å². The van der Waals surface area contributed by atoms with Gasteiger partial charge in [0.05, 0.1) is 12.4 Å². The number of nitrogens with zero attached hydrogens (tertiary/aromatic N) is 4. The molecule has 0 radical (unpaired) electrons. The fourth-order valence-corrected chi connectivity index (χ4v) is 3.86. The van der Waals surface area contributed by atoms with Crippen molar-refractivity contribution in [2.75, 3.05) is 12.4 Å². The molecular weight excluding hydrogens is 440 g/mol. The number of aromatic nitrogens is 4. The third-order valence-corrected chi connectivity index (χ3v) is 5.67. The van der Waals surface area contributed by atoms with E-state index in [0.717, 1.165) is 16.9 Å². The van der Waals surface area contributed by atoms with Crippen LogP contribution in [0.1, 0.15) is 18.1 Å². The second kappa shape index (κ2) is 10.8. The molecule has 2 heterocycles. The lowest BCUT2D eigenvalue weighted by Crippen LogP contribution is -2.06. The van der Waals surface area contributed by atoms with Gasteiger partial charge in [0.25, 0.3) is 0 Å². The molecule has 0 unspecified atom stereocenters. The Morgan fingerprint density at radius 3 is 2.42 bits per heavy atom. The van der Waals surface area contributed by atoms with Crippen LogP contribution in [0.5, 0.6) is 11.6 Å². The number of rotatable bonds is 10. The zero-order valence-corrected chi connectivity index (χ0v) is 19.2. The number of fused-ring (bicyclic) bond motifs is 1. The van der Waals surface area contributed by atoms with Crippen molar-refractivity contribution in [2.24, 2.45) is 7.05 Å². The predicted octanol–water partition coefficient (Wildman–Crippen LogP) is 4.18. The van der Waals surface area contributed by atoms with E-state index in [1.807, 2.05) is 54.6 Å². The second-order valence-electron chi connectivity index (χ2n) is 7.11. The van der Waals surface area contributed by atoms with Crippen molar-refractivity contribution in [2.45, 2.75) is 25.2 Å². The summed E-state index contributed by atoms with van der Waals surface area (Å²) < 4.78 is 18.5. The van der Waals surface area contributed by atoms with Gasteiger partial charge in [0.2, 0.25) is 5.88 Å². The molecule has 0 bridgehead atoms. The van der Waals surface area contributed by atoms with Crippen LogP contribution in [-0.2, 0) is 29.8 Å². The quantitative estimate of drug-likeness (QED) is 0.196. The Balaban J connectivity index is 1.39. The molecule has 0 aliphatic rings. The van der Waals surface area contributed by atoms with Crippen molar-refractivity contribution in [3.05, 3.63) is 72.1 Å². The molecule has 4 aromatic rings. The maximum absolute atomic E-state index is 11.7. The van der Waals surface area contributed by atoms with Crippen molar-refractivity contribution < 1.29 is 19.0 Å². The first-order chi connectivity index (χ1) is 16.1. The van der Waals surface area contributed by atoms with Crippen LogP contribution in [0.3, 0.4) is 0 Å². The number of esters is 1. The zero-order valence-electron chi connectivity index (χ0n) is 18.4. The minimum absolute atomic E-state index is 0.158. The van der Waals surface area contributed by atoms with E-state index in [-0.39, 0.29) is 11.7 Å². The minimum Gasteiger partial charge on any atom is -0.489 e. The summed E-state index contributed by atoms with van der Waals surface area (Å²) in [5, 5.41) is 5.10. The standard InChI is InChI=1S/C24H24N4O4S/c1-3-30-20(29)15-33-23-21-22(25-16-26-23)24(28(2)27-21)32-14-18-9-11-19(12-10-18)31-13-17-7-5-4-6-8-17/h4-12,16H,3,13-15H2,1-2H3. The largest absolute Gasteiger partial charge is 0.489 e. The molecule has 9 heteroatoms. The Morgan fingerprint density at radius 1 is 0.939 bits per heavy atom. The molecule has 0 saturated heterocycles. The average Bonchev–Trinajstić information content (AvgIpc) is 3.17. The molecule has 0 saturated carbocycles. The smallest absolute Gasteiger partial charge is 0.316 e. The maximum Gasteiger partial charge on any atom is 0.316 e. The molecule has 4 rings (SSSR count). The van der Waals surface area contributed by atoms with Gasteiger partial charge < -0.3 is 14.2 Å². The minimum atomic E-state index is -0.294. The highest BCUT2D eigenvalue weighted by Crippen LogP contribution is 2.30. The van der Waals surface area contributed by atoms with Gasteiger partial charge >= 0.3 is 5.97 Å². The molecule has 0 atom stereocenters. The van der Waals surface area contributed by atoms with Crippen LogP contribution in [0, 0.1) is 0 Å². The van der Waals surface area contributed by atoms with E-state index in [2.05, 4.69) is 15.1 Å². The van der Waals surface area contributed by atoms with Gasteiger partial charge in [-0.25, -0.2) is 14.6 Å². The van der Waals surface area contributed by atoms with Crippen LogP contribution in [0.2, 0.25) is 0 Å². The van der Waals surface area contributed by atoms with Gasteiger partial charge in [0.1, 0.15) is 35.8 Å². The van der Waals surface area contributed by atoms with Crippen LogP contribution in [0.4, 0.5) is 0 Å². The fraction of sp³-hybridized carbons (Fsp3) is 0.250. The first-order valence-electron chi connectivity index (χ1n) is 10.5. The summed E-state index contributed by atoms with van der Waals surface area (Å²) in [6, 6.07) is 17.8. The summed E-state index contributed by atoms with van der Waals surface area (Å²) in [7, 11) is 1.79. The summed E-state index contributed by atoms with van der Waals surface area (Å²) in [5.41, 5.74) is 3.30. The van der Waals surface area contributed by atoms with Crippen molar-refractivity contribution in [3.8, 4) is 11.6 Å². The first kappa shape index (κ1) is 22.6. The topological polar surface area (TPSA) is 88.4 Å². The molecule has 0 amide bonds. The maximum atomic E-state index is 11.7. The van der Waals surface area contributed by atoms with Crippen LogP contribution >= 0.6 is 11.8 Å².